The average Bonchev–Trinajstić information content (AvgIpc) is 3.05. The van der Waals surface area contributed by atoms with Crippen molar-refractivity contribution in [2.75, 3.05) is 23.3 Å². The maximum atomic E-state index is 14.0. The zero-order valence-electron chi connectivity index (χ0n) is 23.8. The largest absolute Gasteiger partial charge is 0.484 e. The molecule has 0 aromatic heterocycles. The van der Waals surface area contributed by atoms with Gasteiger partial charge in [-0.25, -0.2) is 4.79 Å². The van der Waals surface area contributed by atoms with Gasteiger partial charge in [0.15, 0.2) is 12.7 Å². The number of para-hydroxylation sites is 1. The summed E-state index contributed by atoms with van der Waals surface area (Å²) in [6.07, 6.45) is -0.687. The highest BCUT2D eigenvalue weighted by atomic mass is 32.2. The van der Waals surface area contributed by atoms with Gasteiger partial charge in [0.25, 0.3) is 11.8 Å². The van der Waals surface area contributed by atoms with E-state index in [1.807, 2.05) is 66.7 Å². The van der Waals surface area contributed by atoms with Gasteiger partial charge in [0.1, 0.15) is 22.9 Å². The van der Waals surface area contributed by atoms with Crippen LogP contribution in [-0.4, -0.2) is 63.3 Å². The summed E-state index contributed by atoms with van der Waals surface area (Å²) in [5.74, 6) is -0.120. The molecule has 0 spiro atoms. The Balaban J connectivity index is 1.34. The Labute approximate surface area is 268 Å². The van der Waals surface area contributed by atoms with E-state index in [1.165, 1.54) is 47.1 Å². The summed E-state index contributed by atoms with van der Waals surface area (Å²) in [6.45, 7) is 1.22. The topological polar surface area (TPSA) is 114 Å². The molecule has 2 atom stereocenters. The molecule has 2 heterocycles. The Morgan fingerprint density at radius 3 is 2.18 bits per heavy atom. The first-order valence-corrected chi connectivity index (χ1v) is 17.0. The first kappa shape index (κ1) is 31.6. The van der Waals surface area contributed by atoms with Gasteiger partial charge in [0, 0.05) is 22.7 Å². The number of rotatable bonds is 13. The minimum absolute atomic E-state index is 0.122. The van der Waals surface area contributed by atoms with Crippen molar-refractivity contribution < 1.29 is 28.7 Å². The van der Waals surface area contributed by atoms with Crippen molar-refractivity contribution in [2.45, 2.75) is 24.4 Å². The van der Waals surface area contributed by atoms with Gasteiger partial charge < -0.3 is 20.1 Å². The molecule has 1 fully saturated rings. The predicted octanol–water partition coefficient (Wildman–Crippen LogP) is 4.53. The minimum Gasteiger partial charge on any atom is -0.484 e. The molecule has 2 aliphatic rings. The van der Waals surface area contributed by atoms with Crippen LogP contribution in [0.15, 0.2) is 102 Å². The fourth-order valence-electron chi connectivity index (χ4n) is 4.63. The van der Waals surface area contributed by atoms with Crippen molar-refractivity contribution in [2.24, 2.45) is 0 Å². The van der Waals surface area contributed by atoms with Crippen LogP contribution in [0.25, 0.3) is 0 Å². The van der Waals surface area contributed by atoms with E-state index >= 15 is 0 Å². The van der Waals surface area contributed by atoms with Crippen LogP contribution in [-0.2, 0) is 23.9 Å². The van der Waals surface area contributed by atoms with E-state index in [1.54, 1.807) is 24.3 Å². The molecule has 44 heavy (non-hydrogen) atoms. The summed E-state index contributed by atoms with van der Waals surface area (Å²) < 4.78 is 11.7. The summed E-state index contributed by atoms with van der Waals surface area (Å²) >= 11 is 4.40. The highest BCUT2D eigenvalue weighted by molar-refractivity contribution is 8.18. The molecule has 0 aliphatic carbocycles. The normalized spacial score (nSPS) is 17.4. The lowest BCUT2D eigenvalue weighted by atomic mass is 10.0. The lowest BCUT2D eigenvalue weighted by molar-refractivity contribution is -0.154. The van der Waals surface area contributed by atoms with E-state index in [9.17, 15) is 19.2 Å². The summed E-state index contributed by atoms with van der Waals surface area (Å²) in [5, 5.41) is 5.60. The summed E-state index contributed by atoms with van der Waals surface area (Å²) in [5.41, 5.74) is 1.78. The zero-order valence-corrected chi connectivity index (χ0v) is 26.3. The van der Waals surface area contributed by atoms with Gasteiger partial charge in [-0.3, -0.25) is 19.3 Å². The van der Waals surface area contributed by atoms with Crippen LogP contribution in [0, 0.1) is 0 Å². The van der Waals surface area contributed by atoms with E-state index in [2.05, 4.69) is 10.6 Å². The number of β-lactam (4-membered cyclic amide) rings is 1. The number of fused-ring (bicyclic) bond motifs is 1. The fraction of sp³-hybridized carbons (Fsp3) is 0.250. The number of esters is 1. The Morgan fingerprint density at radius 2 is 1.57 bits per heavy atom. The molecule has 12 heteroatoms. The van der Waals surface area contributed by atoms with E-state index in [-0.39, 0.29) is 24.1 Å². The van der Waals surface area contributed by atoms with Crippen LogP contribution >= 0.6 is 35.3 Å². The van der Waals surface area contributed by atoms with Crippen molar-refractivity contribution in [3.63, 3.8) is 0 Å². The summed E-state index contributed by atoms with van der Waals surface area (Å²) in [4.78, 5) is 53.6. The number of thioether (sulfide) groups is 3. The third kappa shape index (κ3) is 7.79. The maximum absolute atomic E-state index is 14.0. The molecular formula is C32H31N3O6S3. The van der Waals surface area contributed by atoms with Crippen LogP contribution < -0.4 is 15.4 Å². The van der Waals surface area contributed by atoms with Crippen LogP contribution in [0.2, 0.25) is 0 Å². The molecule has 0 bridgehead atoms. The standard InChI is InChI=1S/C32H31N3O6S3/c1-21(36)33-19-42-20-44-25-18-43-31-27(34-26(37)17-40-24-15-9-4-10-16-24)30(38)35(31)28(25)32(39)41-29(22-11-5-2-6-12-22)23-13-7-3-8-14-23/h2-16,27,29,31H,17-20H2,1H3,(H,33,36)(H,34,37)/t27-,31-/m1/s1. The number of carbonyl (C=O) groups excluding carboxylic acids is 4. The maximum Gasteiger partial charge on any atom is 0.356 e. The van der Waals surface area contributed by atoms with Crippen LogP contribution in [0.4, 0.5) is 0 Å². The van der Waals surface area contributed by atoms with Gasteiger partial charge in [0.05, 0.1) is 5.88 Å². The van der Waals surface area contributed by atoms with Crippen molar-refractivity contribution in [1.82, 2.24) is 15.5 Å². The molecular weight excluding hydrogens is 619 g/mol. The van der Waals surface area contributed by atoms with Crippen LogP contribution in [0.3, 0.4) is 0 Å². The molecule has 3 aromatic rings. The molecule has 2 aliphatic heterocycles. The molecule has 3 aromatic carbocycles. The number of carbonyl (C=O) groups is 4. The summed E-state index contributed by atoms with van der Waals surface area (Å²) in [6, 6.07) is 27.0. The number of nitrogens with zero attached hydrogens (tertiary/aromatic N) is 1. The van der Waals surface area contributed by atoms with Gasteiger partial charge >= 0.3 is 5.97 Å². The van der Waals surface area contributed by atoms with Crippen LogP contribution in [0.1, 0.15) is 24.2 Å². The molecule has 5 rings (SSSR count). The van der Waals surface area contributed by atoms with Crippen LogP contribution in [0.5, 0.6) is 5.75 Å². The highest BCUT2D eigenvalue weighted by Gasteiger charge is 2.54. The van der Waals surface area contributed by atoms with E-state index in [0.29, 0.717) is 27.4 Å². The number of hydrogen-bond acceptors (Lipinski definition) is 9. The second-order valence-corrected chi connectivity index (χ2v) is 13.3. The molecule has 9 nitrogen and oxygen atoms in total. The number of nitrogens with one attached hydrogen (secondary N) is 2. The van der Waals surface area contributed by atoms with E-state index in [0.717, 1.165) is 11.1 Å². The van der Waals surface area contributed by atoms with E-state index < -0.39 is 29.4 Å². The van der Waals surface area contributed by atoms with Crippen molar-refractivity contribution in [3.05, 3.63) is 113 Å². The Bertz CT molecular complexity index is 1470. The molecule has 1 saturated heterocycles. The van der Waals surface area contributed by atoms with Crippen molar-refractivity contribution in [1.29, 1.82) is 0 Å². The molecule has 228 valence electrons. The minimum atomic E-state index is -0.797. The van der Waals surface area contributed by atoms with Gasteiger partial charge in [0.2, 0.25) is 5.91 Å². The molecule has 0 radical (unpaired) electrons. The lowest BCUT2D eigenvalue weighted by Crippen LogP contribution is -2.70. The monoisotopic (exact) mass is 649 g/mol. The van der Waals surface area contributed by atoms with Gasteiger partial charge in [-0.1, -0.05) is 78.9 Å². The Hall–Kier alpha value is -3.87. The first-order chi connectivity index (χ1) is 21.4. The number of amides is 3. The Kier molecular flexibility index (Phi) is 10.9. The van der Waals surface area contributed by atoms with E-state index in [4.69, 9.17) is 9.47 Å². The quantitative estimate of drug-likeness (QED) is 0.119. The fourth-order valence-corrected chi connectivity index (χ4v) is 8.22. The zero-order chi connectivity index (χ0) is 30.9. The predicted molar refractivity (Wildman–Crippen MR) is 174 cm³/mol. The molecule has 0 saturated carbocycles. The third-order valence-electron chi connectivity index (χ3n) is 6.73. The van der Waals surface area contributed by atoms with Crippen molar-refractivity contribution in [3.8, 4) is 5.75 Å². The third-order valence-corrected chi connectivity index (χ3v) is 10.4. The SMILES string of the molecule is CC(=O)NCSCSC1=C(C(=O)OC(c2ccccc2)c2ccccc2)N2C(=O)[C@@H](NC(=O)COc3ccccc3)[C@H]2SC1. The van der Waals surface area contributed by atoms with Crippen molar-refractivity contribution >= 4 is 59.0 Å². The van der Waals surface area contributed by atoms with Gasteiger partial charge in [-0.2, -0.15) is 0 Å². The number of benzene rings is 3. The molecule has 2 N–H and O–H groups in total. The summed E-state index contributed by atoms with van der Waals surface area (Å²) in [7, 11) is 0. The van der Waals surface area contributed by atoms with Gasteiger partial charge in [-0.15, -0.1) is 35.3 Å². The number of hydrogen-bond donors (Lipinski definition) is 2. The highest BCUT2D eigenvalue weighted by Crippen LogP contribution is 2.45. The Morgan fingerprint density at radius 1 is 0.955 bits per heavy atom. The second kappa shape index (κ2) is 15.2. The second-order valence-electron chi connectivity index (χ2n) is 9.78. The van der Waals surface area contributed by atoms with Gasteiger partial charge in [-0.05, 0) is 23.3 Å². The molecule has 0 unspecified atom stereocenters. The first-order valence-electron chi connectivity index (χ1n) is 13.8. The average molecular weight is 650 g/mol. The molecule has 3 amide bonds. The number of ether oxygens (including phenoxy) is 2. The smallest absolute Gasteiger partial charge is 0.356 e. The lowest BCUT2D eigenvalue weighted by Gasteiger charge is -2.49.